The fourth-order valence-corrected chi connectivity index (χ4v) is 2.74. The molecule has 2 nitrogen and oxygen atoms in total. The maximum atomic E-state index is 5.29. The number of thiophene rings is 1. The first-order valence-corrected chi connectivity index (χ1v) is 7.16. The van der Waals surface area contributed by atoms with Crippen LogP contribution in [0.3, 0.4) is 0 Å². The van der Waals surface area contributed by atoms with Crippen LogP contribution in [-0.2, 0) is 6.42 Å². The van der Waals surface area contributed by atoms with Gasteiger partial charge in [0.05, 0.1) is 7.11 Å². The molecule has 0 amide bonds. The van der Waals surface area contributed by atoms with Crippen molar-refractivity contribution in [3.8, 4) is 5.75 Å². The van der Waals surface area contributed by atoms with Crippen LogP contribution in [0.1, 0.15) is 24.1 Å². The Morgan fingerprint density at radius 2 is 2.22 bits per heavy atom. The van der Waals surface area contributed by atoms with Gasteiger partial charge in [-0.3, -0.25) is 0 Å². The fraction of sp³-hybridized carbons (Fsp3) is 0.333. The highest BCUT2D eigenvalue weighted by atomic mass is 32.1. The lowest BCUT2D eigenvalue weighted by atomic mass is 10.0. The van der Waals surface area contributed by atoms with Crippen molar-refractivity contribution >= 4 is 11.3 Å². The molecular formula is C15H19NOS. The summed E-state index contributed by atoms with van der Waals surface area (Å²) in [5, 5.41) is 7.88. The summed E-state index contributed by atoms with van der Waals surface area (Å²) in [7, 11) is 1.71. The van der Waals surface area contributed by atoms with Gasteiger partial charge in [0, 0.05) is 6.04 Å². The van der Waals surface area contributed by atoms with E-state index in [0.717, 1.165) is 18.7 Å². The van der Waals surface area contributed by atoms with Gasteiger partial charge in [-0.2, -0.15) is 11.3 Å². The zero-order valence-corrected chi connectivity index (χ0v) is 11.7. The Morgan fingerprint density at radius 1 is 1.33 bits per heavy atom. The van der Waals surface area contributed by atoms with E-state index in [1.165, 1.54) is 11.1 Å². The van der Waals surface area contributed by atoms with E-state index in [1.54, 1.807) is 18.4 Å². The molecule has 1 aromatic heterocycles. The van der Waals surface area contributed by atoms with Crippen LogP contribution in [0.4, 0.5) is 0 Å². The van der Waals surface area contributed by atoms with Crippen LogP contribution >= 0.6 is 11.3 Å². The Kier molecular flexibility index (Phi) is 4.79. The van der Waals surface area contributed by atoms with Gasteiger partial charge in [0.1, 0.15) is 5.75 Å². The molecule has 18 heavy (non-hydrogen) atoms. The van der Waals surface area contributed by atoms with Gasteiger partial charge in [0.25, 0.3) is 0 Å². The average molecular weight is 261 g/mol. The van der Waals surface area contributed by atoms with Crippen molar-refractivity contribution in [1.29, 1.82) is 0 Å². The number of methoxy groups -OCH3 is 1. The third-order valence-electron chi connectivity index (χ3n) is 2.97. The standard InChI is InChI=1S/C15H19NOS/c1-3-16-15(9-12-7-8-18-11-12)13-5-4-6-14(10-13)17-2/h4-8,10-11,15-16H,3,9H2,1-2H3. The van der Waals surface area contributed by atoms with E-state index >= 15 is 0 Å². The van der Waals surface area contributed by atoms with E-state index in [2.05, 4.69) is 41.2 Å². The third kappa shape index (κ3) is 3.34. The van der Waals surface area contributed by atoms with Crippen molar-refractivity contribution in [2.45, 2.75) is 19.4 Å². The Balaban J connectivity index is 2.17. The van der Waals surface area contributed by atoms with Crippen LogP contribution in [0.25, 0.3) is 0 Å². The average Bonchev–Trinajstić information content (AvgIpc) is 2.91. The van der Waals surface area contributed by atoms with Crippen LogP contribution < -0.4 is 10.1 Å². The Morgan fingerprint density at radius 3 is 2.89 bits per heavy atom. The molecular weight excluding hydrogens is 242 g/mol. The summed E-state index contributed by atoms with van der Waals surface area (Å²) < 4.78 is 5.29. The molecule has 3 heteroatoms. The van der Waals surface area contributed by atoms with Crippen LogP contribution in [0.2, 0.25) is 0 Å². The van der Waals surface area contributed by atoms with Gasteiger partial charge in [-0.15, -0.1) is 0 Å². The van der Waals surface area contributed by atoms with Crippen LogP contribution in [0, 0.1) is 0 Å². The van der Waals surface area contributed by atoms with Crippen molar-refractivity contribution in [3.05, 3.63) is 52.2 Å². The van der Waals surface area contributed by atoms with E-state index in [0.29, 0.717) is 6.04 Å². The summed E-state index contributed by atoms with van der Waals surface area (Å²) in [6.45, 7) is 3.10. The van der Waals surface area contributed by atoms with Crippen molar-refractivity contribution in [3.63, 3.8) is 0 Å². The minimum absolute atomic E-state index is 0.347. The summed E-state index contributed by atoms with van der Waals surface area (Å²) in [5.74, 6) is 0.917. The topological polar surface area (TPSA) is 21.3 Å². The Hall–Kier alpha value is -1.32. The first kappa shape index (κ1) is 13.1. The SMILES string of the molecule is CCNC(Cc1ccsc1)c1cccc(OC)c1. The lowest BCUT2D eigenvalue weighted by Gasteiger charge is -2.18. The zero-order chi connectivity index (χ0) is 12.8. The first-order chi connectivity index (χ1) is 8.83. The van der Waals surface area contributed by atoms with Crippen LogP contribution in [0.15, 0.2) is 41.1 Å². The van der Waals surface area contributed by atoms with Crippen molar-refractivity contribution < 1.29 is 4.74 Å². The molecule has 1 N–H and O–H groups in total. The van der Waals surface area contributed by atoms with Gasteiger partial charge in [-0.25, -0.2) is 0 Å². The second-order valence-electron chi connectivity index (χ2n) is 4.22. The molecule has 96 valence electrons. The van der Waals surface area contributed by atoms with E-state index < -0.39 is 0 Å². The summed E-state index contributed by atoms with van der Waals surface area (Å²) in [6.07, 6.45) is 1.02. The molecule has 0 aliphatic rings. The molecule has 0 spiro atoms. The summed E-state index contributed by atoms with van der Waals surface area (Å²) in [6, 6.07) is 10.8. The van der Waals surface area contributed by atoms with Gasteiger partial charge in [-0.1, -0.05) is 19.1 Å². The van der Waals surface area contributed by atoms with Crippen molar-refractivity contribution in [2.75, 3.05) is 13.7 Å². The summed E-state index contributed by atoms with van der Waals surface area (Å²) >= 11 is 1.75. The molecule has 2 aromatic rings. The van der Waals surface area contributed by atoms with Gasteiger partial charge in [-0.05, 0) is 53.1 Å². The Bertz CT molecular complexity index is 467. The highest BCUT2D eigenvalue weighted by Gasteiger charge is 2.12. The number of ether oxygens (including phenoxy) is 1. The summed E-state index contributed by atoms with van der Waals surface area (Å²) in [5.41, 5.74) is 2.66. The second kappa shape index (κ2) is 6.57. The molecule has 0 radical (unpaired) electrons. The molecule has 0 saturated carbocycles. The van der Waals surface area contributed by atoms with Crippen LogP contribution in [0.5, 0.6) is 5.75 Å². The molecule has 1 unspecified atom stereocenters. The number of benzene rings is 1. The highest BCUT2D eigenvalue weighted by molar-refractivity contribution is 7.07. The molecule has 0 fully saturated rings. The largest absolute Gasteiger partial charge is 0.497 e. The monoisotopic (exact) mass is 261 g/mol. The minimum atomic E-state index is 0.347. The minimum Gasteiger partial charge on any atom is -0.497 e. The van der Waals surface area contributed by atoms with Gasteiger partial charge < -0.3 is 10.1 Å². The number of hydrogen-bond acceptors (Lipinski definition) is 3. The smallest absolute Gasteiger partial charge is 0.119 e. The number of likely N-dealkylation sites (N-methyl/N-ethyl adjacent to an activating group) is 1. The molecule has 0 aliphatic heterocycles. The molecule has 1 atom stereocenters. The fourth-order valence-electron chi connectivity index (χ4n) is 2.06. The zero-order valence-electron chi connectivity index (χ0n) is 10.8. The molecule has 2 rings (SSSR count). The van der Waals surface area contributed by atoms with Crippen molar-refractivity contribution in [1.82, 2.24) is 5.32 Å². The van der Waals surface area contributed by atoms with E-state index in [1.807, 2.05) is 12.1 Å². The third-order valence-corrected chi connectivity index (χ3v) is 3.70. The summed E-state index contributed by atoms with van der Waals surface area (Å²) in [4.78, 5) is 0. The normalized spacial score (nSPS) is 12.3. The van der Waals surface area contributed by atoms with E-state index in [-0.39, 0.29) is 0 Å². The Labute approximate surface area is 113 Å². The van der Waals surface area contributed by atoms with Crippen LogP contribution in [-0.4, -0.2) is 13.7 Å². The molecule has 0 saturated heterocycles. The maximum Gasteiger partial charge on any atom is 0.119 e. The maximum absolute atomic E-state index is 5.29. The molecule has 0 bridgehead atoms. The molecule has 1 heterocycles. The second-order valence-corrected chi connectivity index (χ2v) is 5.00. The number of nitrogens with one attached hydrogen (secondary N) is 1. The predicted molar refractivity (Wildman–Crippen MR) is 77.4 cm³/mol. The lowest BCUT2D eigenvalue weighted by Crippen LogP contribution is -2.22. The number of rotatable bonds is 6. The highest BCUT2D eigenvalue weighted by Crippen LogP contribution is 2.23. The van der Waals surface area contributed by atoms with Gasteiger partial charge in [0.2, 0.25) is 0 Å². The van der Waals surface area contributed by atoms with Gasteiger partial charge in [0.15, 0.2) is 0 Å². The molecule has 1 aromatic carbocycles. The van der Waals surface area contributed by atoms with Gasteiger partial charge >= 0.3 is 0 Å². The first-order valence-electron chi connectivity index (χ1n) is 6.22. The lowest BCUT2D eigenvalue weighted by molar-refractivity contribution is 0.413. The van der Waals surface area contributed by atoms with E-state index in [9.17, 15) is 0 Å². The quantitative estimate of drug-likeness (QED) is 0.857. The van der Waals surface area contributed by atoms with Crippen molar-refractivity contribution in [2.24, 2.45) is 0 Å². The van der Waals surface area contributed by atoms with E-state index in [4.69, 9.17) is 4.74 Å². The predicted octanol–water partition coefficient (Wildman–Crippen LogP) is 3.65. The number of hydrogen-bond donors (Lipinski definition) is 1. The molecule has 0 aliphatic carbocycles.